The van der Waals surface area contributed by atoms with Gasteiger partial charge in [0.05, 0.1) is 0 Å². The summed E-state index contributed by atoms with van der Waals surface area (Å²) in [7, 11) is 0. The second-order valence-corrected chi connectivity index (χ2v) is 3.10. The fourth-order valence-corrected chi connectivity index (χ4v) is 1.18. The fraction of sp³-hybridized carbons (Fsp3) is 0.750. The van der Waals surface area contributed by atoms with Gasteiger partial charge in [-0.2, -0.15) is 0 Å². The molecular formula is C8H11F3O. The van der Waals surface area contributed by atoms with E-state index in [1.54, 1.807) is 0 Å². The predicted octanol–water partition coefficient (Wildman–Crippen LogP) is 3.23. The van der Waals surface area contributed by atoms with Crippen molar-refractivity contribution in [2.75, 3.05) is 0 Å². The van der Waals surface area contributed by atoms with E-state index in [9.17, 15) is 13.2 Å². The van der Waals surface area contributed by atoms with Crippen LogP contribution in [0, 0.1) is 5.92 Å². The van der Waals surface area contributed by atoms with Crippen molar-refractivity contribution in [2.24, 2.45) is 5.92 Å². The van der Waals surface area contributed by atoms with Crippen molar-refractivity contribution in [1.29, 1.82) is 0 Å². The molecule has 1 aliphatic rings. The van der Waals surface area contributed by atoms with Crippen LogP contribution in [0.25, 0.3) is 0 Å². The van der Waals surface area contributed by atoms with Gasteiger partial charge < -0.3 is 4.74 Å². The molecule has 0 aromatic rings. The number of rotatable bonds is 1. The van der Waals surface area contributed by atoms with Crippen LogP contribution < -0.4 is 0 Å². The standard InChI is InChI=1S/C8H11F3O/c1-6-2-4-7(5-3-6)12-8(9,10)11/h4,6H,2-3,5H2,1H3. The lowest BCUT2D eigenvalue weighted by atomic mass is 9.95. The Balaban J connectivity index is 2.44. The fourth-order valence-electron chi connectivity index (χ4n) is 1.18. The van der Waals surface area contributed by atoms with Crippen molar-refractivity contribution in [2.45, 2.75) is 32.5 Å². The summed E-state index contributed by atoms with van der Waals surface area (Å²) in [6, 6.07) is 0. The van der Waals surface area contributed by atoms with E-state index in [4.69, 9.17) is 0 Å². The predicted molar refractivity (Wildman–Crippen MR) is 38.2 cm³/mol. The molecule has 0 N–H and O–H groups in total. The van der Waals surface area contributed by atoms with Crippen LogP contribution in [-0.4, -0.2) is 6.36 Å². The molecule has 1 nitrogen and oxygen atoms in total. The number of allylic oxidation sites excluding steroid dienone is 2. The first-order valence-electron chi connectivity index (χ1n) is 3.92. The van der Waals surface area contributed by atoms with Gasteiger partial charge in [0.2, 0.25) is 0 Å². The highest BCUT2D eigenvalue weighted by Gasteiger charge is 2.32. The minimum atomic E-state index is -4.52. The van der Waals surface area contributed by atoms with E-state index >= 15 is 0 Å². The molecule has 1 rings (SSSR count). The van der Waals surface area contributed by atoms with Gasteiger partial charge in [-0.1, -0.05) is 6.92 Å². The van der Waals surface area contributed by atoms with E-state index in [0.29, 0.717) is 18.8 Å². The van der Waals surface area contributed by atoms with Crippen LogP contribution in [0.1, 0.15) is 26.2 Å². The number of halogens is 3. The summed E-state index contributed by atoms with van der Waals surface area (Å²) in [6.45, 7) is 2.01. The van der Waals surface area contributed by atoms with Crippen LogP contribution in [0.2, 0.25) is 0 Å². The maximum Gasteiger partial charge on any atom is 0.572 e. The van der Waals surface area contributed by atoms with Gasteiger partial charge in [0.25, 0.3) is 0 Å². The zero-order valence-electron chi connectivity index (χ0n) is 6.82. The van der Waals surface area contributed by atoms with Crippen molar-refractivity contribution in [1.82, 2.24) is 0 Å². The van der Waals surface area contributed by atoms with Crippen LogP contribution >= 0.6 is 0 Å². The zero-order chi connectivity index (χ0) is 9.19. The molecule has 0 saturated carbocycles. The number of hydrogen-bond acceptors (Lipinski definition) is 1. The first-order valence-corrected chi connectivity index (χ1v) is 3.92. The first kappa shape index (κ1) is 9.42. The van der Waals surface area contributed by atoms with Gasteiger partial charge in [-0.05, 0) is 24.8 Å². The summed E-state index contributed by atoms with van der Waals surface area (Å²) >= 11 is 0. The van der Waals surface area contributed by atoms with Crippen molar-refractivity contribution in [3.05, 3.63) is 11.8 Å². The van der Waals surface area contributed by atoms with E-state index in [2.05, 4.69) is 4.74 Å². The van der Waals surface area contributed by atoms with Gasteiger partial charge in [-0.3, -0.25) is 0 Å². The Bertz CT molecular complexity index is 183. The molecule has 1 unspecified atom stereocenters. The molecule has 0 fully saturated rings. The first-order chi connectivity index (χ1) is 5.47. The topological polar surface area (TPSA) is 9.23 Å². The number of hydrogen-bond donors (Lipinski definition) is 0. The lowest BCUT2D eigenvalue weighted by Gasteiger charge is -2.19. The van der Waals surface area contributed by atoms with Gasteiger partial charge in [0.15, 0.2) is 0 Å². The summed E-state index contributed by atoms with van der Waals surface area (Å²) in [6.07, 6.45) is -1.12. The zero-order valence-corrected chi connectivity index (χ0v) is 6.82. The molecule has 0 aliphatic heterocycles. The molecule has 0 spiro atoms. The molecule has 0 aromatic heterocycles. The molecule has 0 aromatic carbocycles. The van der Waals surface area contributed by atoms with Gasteiger partial charge in [-0.15, -0.1) is 13.2 Å². The highest BCUT2D eigenvalue weighted by Crippen LogP contribution is 2.29. The smallest absolute Gasteiger partial charge is 0.411 e. The van der Waals surface area contributed by atoms with Crippen molar-refractivity contribution in [3.63, 3.8) is 0 Å². The average Bonchev–Trinajstić information content (AvgIpc) is 1.91. The molecule has 0 heterocycles. The third-order valence-corrected chi connectivity index (χ3v) is 1.88. The Morgan fingerprint density at radius 1 is 1.50 bits per heavy atom. The Hall–Kier alpha value is -0.670. The molecular weight excluding hydrogens is 169 g/mol. The summed E-state index contributed by atoms with van der Waals surface area (Å²) in [5.41, 5.74) is 0. The molecule has 4 heteroatoms. The summed E-state index contributed by atoms with van der Waals surface area (Å²) in [5, 5.41) is 0. The molecule has 12 heavy (non-hydrogen) atoms. The third kappa shape index (κ3) is 3.15. The van der Waals surface area contributed by atoms with Gasteiger partial charge >= 0.3 is 6.36 Å². The second kappa shape index (κ2) is 3.37. The Kier molecular flexibility index (Phi) is 2.65. The van der Waals surface area contributed by atoms with Crippen LogP contribution in [0.3, 0.4) is 0 Å². The summed E-state index contributed by atoms with van der Waals surface area (Å²) in [5.74, 6) is 0.547. The monoisotopic (exact) mass is 180 g/mol. The Labute approximate surface area is 69.2 Å². The van der Waals surface area contributed by atoms with Gasteiger partial charge in [0.1, 0.15) is 5.76 Å². The lowest BCUT2D eigenvalue weighted by molar-refractivity contribution is -0.307. The average molecular weight is 180 g/mol. The van der Waals surface area contributed by atoms with E-state index in [1.807, 2.05) is 6.92 Å². The molecule has 0 saturated heterocycles. The van der Waals surface area contributed by atoms with Crippen LogP contribution in [0.15, 0.2) is 11.8 Å². The number of ether oxygens (including phenoxy) is 1. The minimum Gasteiger partial charge on any atom is -0.411 e. The van der Waals surface area contributed by atoms with Gasteiger partial charge in [-0.25, -0.2) is 0 Å². The normalized spacial score (nSPS) is 25.0. The molecule has 1 atom stereocenters. The maximum atomic E-state index is 11.7. The molecule has 1 aliphatic carbocycles. The maximum absolute atomic E-state index is 11.7. The Morgan fingerprint density at radius 2 is 2.17 bits per heavy atom. The molecule has 70 valence electrons. The second-order valence-electron chi connectivity index (χ2n) is 3.10. The molecule has 0 amide bonds. The summed E-state index contributed by atoms with van der Waals surface area (Å²) in [4.78, 5) is 0. The third-order valence-electron chi connectivity index (χ3n) is 1.88. The lowest BCUT2D eigenvalue weighted by Crippen LogP contribution is -2.15. The SMILES string of the molecule is CC1CC=C(OC(F)(F)F)CC1. The molecule has 0 radical (unpaired) electrons. The quantitative estimate of drug-likeness (QED) is 0.602. The largest absolute Gasteiger partial charge is 0.572 e. The highest BCUT2D eigenvalue weighted by atomic mass is 19.4. The van der Waals surface area contributed by atoms with E-state index in [-0.39, 0.29) is 5.76 Å². The Morgan fingerprint density at radius 3 is 2.58 bits per heavy atom. The van der Waals surface area contributed by atoms with Crippen molar-refractivity contribution in [3.8, 4) is 0 Å². The van der Waals surface area contributed by atoms with E-state index < -0.39 is 6.36 Å². The van der Waals surface area contributed by atoms with Crippen LogP contribution in [-0.2, 0) is 4.74 Å². The van der Waals surface area contributed by atoms with Crippen molar-refractivity contribution < 1.29 is 17.9 Å². The van der Waals surface area contributed by atoms with E-state index in [0.717, 1.165) is 6.42 Å². The van der Waals surface area contributed by atoms with Crippen LogP contribution in [0.5, 0.6) is 0 Å². The van der Waals surface area contributed by atoms with Crippen molar-refractivity contribution >= 4 is 0 Å². The highest BCUT2D eigenvalue weighted by molar-refractivity contribution is 4.98. The van der Waals surface area contributed by atoms with Gasteiger partial charge in [0, 0.05) is 6.42 Å². The van der Waals surface area contributed by atoms with Crippen LogP contribution in [0.4, 0.5) is 13.2 Å². The summed E-state index contributed by atoms with van der Waals surface area (Å²) < 4.78 is 38.8. The minimum absolute atomic E-state index is 0.0700. The van der Waals surface area contributed by atoms with E-state index in [1.165, 1.54) is 6.08 Å². The number of alkyl halides is 3. The molecule has 0 bridgehead atoms.